The molecule has 0 radical (unpaired) electrons. The number of anilines is 1. The van der Waals surface area contributed by atoms with E-state index in [2.05, 4.69) is 61.8 Å². The predicted molar refractivity (Wildman–Crippen MR) is 76.7 cm³/mol. The Morgan fingerprint density at radius 1 is 1.29 bits per heavy atom. The third-order valence-electron chi connectivity index (χ3n) is 2.88. The van der Waals surface area contributed by atoms with Gasteiger partial charge in [-0.05, 0) is 37.6 Å². The van der Waals surface area contributed by atoms with Gasteiger partial charge in [0.15, 0.2) is 0 Å². The van der Waals surface area contributed by atoms with Crippen molar-refractivity contribution >= 4 is 5.69 Å². The van der Waals surface area contributed by atoms with Crippen LogP contribution in [0.25, 0.3) is 0 Å². The van der Waals surface area contributed by atoms with Crippen LogP contribution >= 0.6 is 0 Å². The highest BCUT2D eigenvalue weighted by atomic mass is 15.1. The Morgan fingerprint density at radius 3 is 2.59 bits per heavy atom. The molecule has 17 heavy (non-hydrogen) atoms. The number of nitrogens with zero attached hydrogens (tertiary/aromatic N) is 1. The number of benzene rings is 1. The van der Waals surface area contributed by atoms with Gasteiger partial charge in [0.05, 0.1) is 0 Å². The second-order valence-corrected chi connectivity index (χ2v) is 4.33. The molecule has 0 saturated carbocycles. The zero-order chi connectivity index (χ0) is 12.7. The number of para-hydroxylation sites is 1. The Hall–Kier alpha value is -1.28. The van der Waals surface area contributed by atoms with Gasteiger partial charge in [-0.15, -0.1) is 0 Å². The molecule has 1 N–H and O–H groups in total. The maximum Gasteiger partial charge on any atom is 0.0398 e. The lowest BCUT2D eigenvalue weighted by Crippen LogP contribution is -2.29. The van der Waals surface area contributed by atoms with Crippen molar-refractivity contribution < 1.29 is 0 Å². The van der Waals surface area contributed by atoms with Crippen LogP contribution in [0, 0.1) is 6.92 Å². The molecule has 2 nitrogen and oxygen atoms in total. The summed E-state index contributed by atoms with van der Waals surface area (Å²) in [5, 5.41) is 3.32. The van der Waals surface area contributed by atoms with E-state index >= 15 is 0 Å². The molecular weight excluding hydrogens is 208 g/mol. The number of rotatable bonds is 7. The lowest BCUT2D eigenvalue weighted by molar-refractivity contribution is 0.749. The first-order chi connectivity index (χ1) is 8.19. The minimum atomic E-state index is 0.902. The van der Waals surface area contributed by atoms with E-state index in [1.54, 1.807) is 0 Å². The van der Waals surface area contributed by atoms with E-state index in [1.807, 2.05) is 0 Å². The fourth-order valence-electron chi connectivity index (χ4n) is 1.91. The van der Waals surface area contributed by atoms with Crippen LogP contribution in [0.5, 0.6) is 0 Å². The van der Waals surface area contributed by atoms with E-state index < -0.39 is 0 Å². The second-order valence-electron chi connectivity index (χ2n) is 4.33. The number of likely N-dealkylation sites (N-methyl/N-ethyl adjacent to an activating group) is 2. The summed E-state index contributed by atoms with van der Waals surface area (Å²) in [7, 11) is 0. The molecule has 0 aliphatic heterocycles. The third-order valence-corrected chi connectivity index (χ3v) is 2.88. The van der Waals surface area contributed by atoms with Crippen molar-refractivity contribution in [3.63, 3.8) is 0 Å². The Labute approximate surface area is 105 Å². The van der Waals surface area contributed by atoms with Crippen LogP contribution in [0.3, 0.4) is 0 Å². The number of hydrogen-bond donors (Lipinski definition) is 1. The normalized spacial score (nSPS) is 10.3. The molecule has 94 valence electrons. The van der Waals surface area contributed by atoms with Gasteiger partial charge in [0.1, 0.15) is 0 Å². The summed E-state index contributed by atoms with van der Waals surface area (Å²) in [4.78, 5) is 2.37. The highest BCUT2D eigenvalue weighted by Gasteiger charge is 2.07. The summed E-state index contributed by atoms with van der Waals surface area (Å²) in [5.74, 6) is 0. The molecule has 1 rings (SSSR count). The van der Waals surface area contributed by atoms with Crippen molar-refractivity contribution in [1.29, 1.82) is 0 Å². The minimum Gasteiger partial charge on any atom is -0.368 e. The molecule has 0 saturated heterocycles. The fourth-order valence-corrected chi connectivity index (χ4v) is 1.91. The van der Waals surface area contributed by atoms with Crippen LogP contribution in [0.15, 0.2) is 36.4 Å². The molecule has 0 aliphatic carbocycles. The van der Waals surface area contributed by atoms with Crippen molar-refractivity contribution in [3.05, 3.63) is 42.0 Å². The van der Waals surface area contributed by atoms with E-state index in [9.17, 15) is 0 Å². The van der Waals surface area contributed by atoms with E-state index in [1.165, 1.54) is 16.8 Å². The third kappa shape index (κ3) is 4.23. The van der Waals surface area contributed by atoms with E-state index in [-0.39, 0.29) is 0 Å². The van der Waals surface area contributed by atoms with Gasteiger partial charge in [-0.3, -0.25) is 0 Å². The van der Waals surface area contributed by atoms with Crippen molar-refractivity contribution in [2.45, 2.75) is 20.8 Å². The molecule has 0 amide bonds. The molecule has 0 unspecified atom stereocenters. The minimum absolute atomic E-state index is 0.902. The number of aryl methyl sites for hydroxylation is 1. The standard InChI is InChI=1S/C15H24N2/c1-5-16-11-13(3)12-17(6-2)15-10-8-7-9-14(15)4/h7-10,16H,3,5-6,11-12H2,1-2,4H3. The number of nitrogens with one attached hydrogen (secondary N) is 1. The van der Waals surface area contributed by atoms with E-state index in [4.69, 9.17) is 0 Å². The quantitative estimate of drug-likeness (QED) is 0.727. The molecule has 1 aromatic rings. The smallest absolute Gasteiger partial charge is 0.0398 e. The van der Waals surface area contributed by atoms with E-state index in [0.717, 1.165) is 26.2 Å². The van der Waals surface area contributed by atoms with Crippen LogP contribution in [0.4, 0.5) is 5.69 Å². The summed E-state index contributed by atoms with van der Waals surface area (Å²) in [5.41, 5.74) is 3.87. The molecule has 0 aliphatic rings. The Bertz CT molecular complexity index is 358. The average Bonchev–Trinajstić information content (AvgIpc) is 2.34. The molecule has 0 aromatic heterocycles. The summed E-state index contributed by atoms with van der Waals surface area (Å²) in [6.07, 6.45) is 0. The Balaban J connectivity index is 2.66. The summed E-state index contributed by atoms with van der Waals surface area (Å²) >= 11 is 0. The average molecular weight is 232 g/mol. The highest BCUT2D eigenvalue weighted by Crippen LogP contribution is 2.19. The molecule has 0 heterocycles. The van der Waals surface area contributed by atoms with Crippen LogP contribution in [0.2, 0.25) is 0 Å². The van der Waals surface area contributed by atoms with Crippen molar-refractivity contribution in [1.82, 2.24) is 5.32 Å². The SMILES string of the molecule is C=C(CNCC)CN(CC)c1ccccc1C. The predicted octanol–water partition coefficient (Wildman–Crippen LogP) is 2.99. The molecule has 2 heteroatoms. The van der Waals surface area contributed by atoms with E-state index in [0.29, 0.717) is 0 Å². The van der Waals surface area contributed by atoms with Gasteiger partial charge in [0.25, 0.3) is 0 Å². The van der Waals surface area contributed by atoms with Gasteiger partial charge in [-0.25, -0.2) is 0 Å². The van der Waals surface area contributed by atoms with Gasteiger partial charge in [0.2, 0.25) is 0 Å². The van der Waals surface area contributed by atoms with Crippen LogP contribution in [-0.2, 0) is 0 Å². The zero-order valence-corrected chi connectivity index (χ0v) is 11.3. The summed E-state index contributed by atoms with van der Waals surface area (Å²) in [6.45, 7) is 14.4. The largest absolute Gasteiger partial charge is 0.368 e. The molecule has 0 atom stereocenters. The summed E-state index contributed by atoms with van der Waals surface area (Å²) in [6, 6.07) is 8.52. The van der Waals surface area contributed by atoms with Crippen LogP contribution in [0.1, 0.15) is 19.4 Å². The van der Waals surface area contributed by atoms with Gasteiger partial charge >= 0.3 is 0 Å². The maximum absolute atomic E-state index is 4.13. The monoisotopic (exact) mass is 232 g/mol. The Kier molecular flexibility index (Phi) is 5.78. The topological polar surface area (TPSA) is 15.3 Å². The lowest BCUT2D eigenvalue weighted by Gasteiger charge is -2.26. The maximum atomic E-state index is 4.13. The molecule has 0 fully saturated rings. The van der Waals surface area contributed by atoms with Crippen molar-refractivity contribution in [2.75, 3.05) is 31.1 Å². The first kappa shape index (κ1) is 13.8. The first-order valence-electron chi connectivity index (χ1n) is 6.37. The van der Waals surface area contributed by atoms with Gasteiger partial charge in [-0.2, -0.15) is 0 Å². The first-order valence-corrected chi connectivity index (χ1v) is 6.37. The Morgan fingerprint density at radius 2 is 2.00 bits per heavy atom. The van der Waals surface area contributed by atoms with Gasteiger partial charge in [-0.1, -0.05) is 31.7 Å². The molecule has 0 bridgehead atoms. The van der Waals surface area contributed by atoms with Crippen LogP contribution in [-0.4, -0.2) is 26.2 Å². The van der Waals surface area contributed by atoms with Gasteiger partial charge < -0.3 is 10.2 Å². The lowest BCUT2D eigenvalue weighted by atomic mass is 10.1. The van der Waals surface area contributed by atoms with Crippen molar-refractivity contribution in [2.24, 2.45) is 0 Å². The van der Waals surface area contributed by atoms with Crippen molar-refractivity contribution in [3.8, 4) is 0 Å². The summed E-state index contributed by atoms with van der Waals surface area (Å²) < 4.78 is 0. The molecule has 0 spiro atoms. The van der Waals surface area contributed by atoms with Gasteiger partial charge in [0, 0.05) is 25.3 Å². The molecular formula is C15H24N2. The highest BCUT2D eigenvalue weighted by molar-refractivity contribution is 5.53. The number of hydrogen-bond acceptors (Lipinski definition) is 2. The van der Waals surface area contributed by atoms with Crippen LogP contribution < -0.4 is 10.2 Å². The second kappa shape index (κ2) is 7.13. The fraction of sp³-hybridized carbons (Fsp3) is 0.467. The zero-order valence-electron chi connectivity index (χ0n) is 11.3. The molecule has 1 aromatic carbocycles.